The van der Waals surface area contributed by atoms with Gasteiger partial charge in [-0.2, -0.15) is 5.10 Å². The molecule has 1 aromatic carbocycles. The molecule has 152 valence electrons. The van der Waals surface area contributed by atoms with Gasteiger partial charge in [-0.05, 0) is 56.5 Å². The number of piperidine rings is 1. The maximum absolute atomic E-state index is 12.6. The third-order valence-corrected chi connectivity index (χ3v) is 5.19. The summed E-state index contributed by atoms with van der Waals surface area (Å²) in [4.78, 5) is 15.1. The van der Waals surface area contributed by atoms with Crippen molar-refractivity contribution in [3.63, 3.8) is 0 Å². The van der Waals surface area contributed by atoms with Gasteiger partial charge in [-0.25, -0.2) is 0 Å². The molecule has 7 nitrogen and oxygen atoms in total. The molecule has 3 rings (SSSR count). The summed E-state index contributed by atoms with van der Waals surface area (Å²) < 4.78 is 12.5. The summed E-state index contributed by atoms with van der Waals surface area (Å²) in [7, 11) is 3.17. The van der Waals surface area contributed by atoms with Crippen molar-refractivity contribution in [2.45, 2.75) is 25.8 Å². The van der Waals surface area contributed by atoms with E-state index in [0.717, 1.165) is 39.0 Å². The Kier molecular flexibility index (Phi) is 7.31. The van der Waals surface area contributed by atoms with Gasteiger partial charge in [0.2, 0.25) is 0 Å². The van der Waals surface area contributed by atoms with Crippen molar-refractivity contribution in [3.8, 4) is 11.5 Å². The Labute approximate surface area is 166 Å². The highest BCUT2D eigenvalue weighted by atomic mass is 16.5. The fourth-order valence-electron chi connectivity index (χ4n) is 3.69. The first-order valence-electron chi connectivity index (χ1n) is 9.89. The Bertz CT molecular complexity index is 726. The zero-order chi connectivity index (χ0) is 19.8. The second-order valence-corrected chi connectivity index (χ2v) is 7.24. The van der Waals surface area contributed by atoms with Crippen molar-refractivity contribution < 1.29 is 14.3 Å². The number of nitrogens with one attached hydrogen (secondary N) is 1. The number of aromatic nitrogens is 2. The van der Waals surface area contributed by atoms with Crippen LogP contribution in [0.15, 0.2) is 36.7 Å². The van der Waals surface area contributed by atoms with Crippen LogP contribution in [0, 0.1) is 5.92 Å². The third-order valence-electron chi connectivity index (χ3n) is 5.19. The van der Waals surface area contributed by atoms with Gasteiger partial charge >= 0.3 is 0 Å². The Balaban J connectivity index is 1.45. The van der Waals surface area contributed by atoms with Crippen LogP contribution in [-0.2, 0) is 6.54 Å². The molecule has 1 saturated heterocycles. The Hall–Kier alpha value is -2.54. The number of aryl methyl sites for hydroxylation is 1. The molecule has 1 aromatic heterocycles. The molecule has 0 spiro atoms. The van der Waals surface area contributed by atoms with E-state index in [1.54, 1.807) is 32.4 Å². The SMILES string of the molecule is COc1cc(OC)cc(C(=O)NC[C@H]2CCCN(CCCn3cccn3)C2)c1. The monoisotopic (exact) mass is 386 g/mol. The standard InChI is InChI=1S/C21H30N4O3/c1-27-19-12-18(13-20(14-19)28-2)21(26)22-15-17-6-3-8-24(16-17)9-5-11-25-10-4-7-23-25/h4,7,10,12-14,17H,3,5-6,8-9,11,15-16H2,1-2H3,(H,22,26)/t17-/m1/s1. The largest absolute Gasteiger partial charge is 0.497 e. The molecule has 1 atom stereocenters. The summed E-state index contributed by atoms with van der Waals surface area (Å²) in [6.45, 7) is 4.87. The summed E-state index contributed by atoms with van der Waals surface area (Å²) in [6.07, 6.45) is 7.23. The molecule has 0 bridgehead atoms. The molecule has 2 aromatic rings. The number of likely N-dealkylation sites (tertiary alicyclic amines) is 1. The van der Waals surface area contributed by atoms with Crippen LogP contribution in [0.25, 0.3) is 0 Å². The van der Waals surface area contributed by atoms with Crippen LogP contribution in [0.3, 0.4) is 0 Å². The minimum absolute atomic E-state index is 0.0898. The van der Waals surface area contributed by atoms with Crippen LogP contribution in [0.5, 0.6) is 11.5 Å². The molecule has 1 N–H and O–H groups in total. The van der Waals surface area contributed by atoms with Crippen molar-refractivity contribution in [1.29, 1.82) is 0 Å². The lowest BCUT2D eigenvalue weighted by Crippen LogP contribution is -2.41. The van der Waals surface area contributed by atoms with E-state index in [1.807, 2.05) is 23.1 Å². The van der Waals surface area contributed by atoms with Gasteiger partial charge < -0.3 is 19.7 Å². The highest BCUT2D eigenvalue weighted by Gasteiger charge is 2.20. The van der Waals surface area contributed by atoms with Crippen LogP contribution in [0.4, 0.5) is 0 Å². The average molecular weight is 386 g/mol. The number of amides is 1. The van der Waals surface area contributed by atoms with E-state index in [9.17, 15) is 4.79 Å². The quantitative estimate of drug-likeness (QED) is 0.717. The van der Waals surface area contributed by atoms with Gasteiger partial charge in [0, 0.05) is 43.7 Å². The molecule has 28 heavy (non-hydrogen) atoms. The van der Waals surface area contributed by atoms with E-state index in [2.05, 4.69) is 15.3 Å². The predicted octanol–water partition coefficient (Wildman–Crippen LogP) is 2.43. The van der Waals surface area contributed by atoms with E-state index in [-0.39, 0.29) is 5.91 Å². The van der Waals surface area contributed by atoms with E-state index in [4.69, 9.17) is 9.47 Å². The van der Waals surface area contributed by atoms with Gasteiger partial charge in [0.05, 0.1) is 14.2 Å². The summed E-state index contributed by atoms with van der Waals surface area (Å²) in [5.41, 5.74) is 0.558. The van der Waals surface area contributed by atoms with Crippen LogP contribution in [0.1, 0.15) is 29.6 Å². The summed E-state index contributed by atoms with van der Waals surface area (Å²) in [5, 5.41) is 7.33. The smallest absolute Gasteiger partial charge is 0.251 e. The van der Waals surface area contributed by atoms with Gasteiger partial charge in [-0.3, -0.25) is 9.48 Å². The van der Waals surface area contributed by atoms with E-state index in [1.165, 1.54) is 6.42 Å². The number of hydrogen-bond acceptors (Lipinski definition) is 5. The number of carbonyl (C=O) groups is 1. The first kappa shape index (κ1) is 20.2. The molecule has 0 aliphatic carbocycles. The lowest BCUT2D eigenvalue weighted by atomic mass is 9.97. The molecule has 7 heteroatoms. The molecule has 0 saturated carbocycles. The molecule has 1 fully saturated rings. The number of carbonyl (C=O) groups excluding carboxylic acids is 1. The van der Waals surface area contributed by atoms with Crippen molar-refractivity contribution in [1.82, 2.24) is 20.0 Å². The van der Waals surface area contributed by atoms with Crippen LogP contribution in [-0.4, -0.2) is 61.0 Å². The number of rotatable bonds is 9. The Morgan fingerprint density at radius 3 is 2.68 bits per heavy atom. The lowest BCUT2D eigenvalue weighted by Gasteiger charge is -2.32. The number of hydrogen-bond donors (Lipinski definition) is 1. The van der Waals surface area contributed by atoms with Crippen molar-refractivity contribution in [3.05, 3.63) is 42.2 Å². The van der Waals surface area contributed by atoms with E-state index in [0.29, 0.717) is 29.5 Å². The van der Waals surface area contributed by atoms with Crippen molar-refractivity contribution in [2.75, 3.05) is 40.4 Å². The molecular weight excluding hydrogens is 356 g/mol. The minimum Gasteiger partial charge on any atom is -0.497 e. The van der Waals surface area contributed by atoms with Gasteiger partial charge in [0.1, 0.15) is 11.5 Å². The molecule has 1 amide bonds. The Morgan fingerprint density at radius 1 is 1.21 bits per heavy atom. The summed E-state index contributed by atoms with van der Waals surface area (Å²) >= 11 is 0. The normalized spacial score (nSPS) is 17.3. The molecule has 0 radical (unpaired) electrons. The fourth-order valence-corrected chi connectivity index (χ4v) is 3.69. The first-order valence-corrected chi connectivity index (χ1v) is 9.89. The van der Waals surface area contributed by atoms with Gasteiger partial charge in [-0.1, -0.05) is 0 Å². The molecule has 2 heterocycles. The zero-order valence-corrected chi connectivity index (χ0v) is 16.8. The van der Waals surface area contributed by atoms with Crippen molar-refractivity contribution >= 4 is 5.91 Å². The minimum atomic E-state index is -0.0898. The second-order valence-electron chi connectivity index (χ2n) is 7.24. The molecular formula is C21H30N4O3. The number of nitrogens with zero attached hydrogens (tertiary/aromatic N) is 3. The molecule has 1 aliphatic rings. The number of methoxy groups -OCH3 is 2. The second kappa shape index (κ2) is 10.1. The zero-order valence-electron chi connectivity index (χ0n) is 16.8. The van der Waals surface area contributed by atoms with Crippen LogP contribution in [0.2, 0.25) is 0 Å². The lowest BCUT2D eigenvalue weighted by molar-refractivity contribution is 0.0931. The number of benzene rings is 1. The first-order chi connectivity index (χ1) is 13.7. The number of ether oxygens (including phenoxy) is 2. The van der Waals surface area contributed by atoms with Crippen LogP contribution < -0.4 is 14.8 Å². The van der Waals surface area contributed by atoms with Gasteiger partial charge in [0.15, 0.2) is 0 Å². The molecule has 1 aliphatic heterocycles. The third kappa shape index (κ3) is 5.73. The topological polar surface area (TPSA) is 68.6 Å². The van der Waals surface area contributed by atoms with E-state index < -0.39 is 0 Å². The summed E-state index contributed by atoms with van der Waals surface area (Å²) in [6, 6.07) is 7.19. The van der Waals surface area contributed by atoms with Gasteiger partial charge in [-0.15, -0.1) is 0 Å². The maximum Gasteiger partial charge on any atom is 0.251 e. The highest BCUT2D eigenvalue weighted by molar-refractivity contribution is 5.95. The van der Waals surface area contributed by atoms with Crippen molar-refractivity contribution in [2.24, 2.45) is 5.92 Å². The molecule has 0 unspecified atom stereocenters. The summed E-state index contributed by atoms with van der Waals surface area (Å²) in [5.74, 6) is 1.62. The average Bonchev–Trinajstić information content (AvgIpc) is 3.25. The Morgan fingerprint density at radius 2 is 2.00 bits per heavy atom. The fraction of sp³-hybridized carbons (Fsp3) is 0.524. The van der Waals surface area contributed by atoms with E-state index >= 15 is 0 Å². The predicted molar refractivity (Wildman–Crippen MR) is 108 cm³/mol. The highest BCUT2D eigenvalue weighted by Crippen LogP contribution is 2.22. The maximum atomic E-state index is 12.6. The van der Waals surface area contributed by atoms with Crippen LogP contribution >= 0.6 is 0 Å². The van der Waals surface area contributed by atoms with Gasteiger partial charge in [0.25, 0.3) is 5.91 Å².